The Labute approximate surface area is 181 Å². The number of carbonyl (C=O) groups is 1. The second-order valence-electron chi connectivity index (χ2n) is 6.64. The SMILES string of the molecule is COc1ccc(OC)c(C2=NN(C(=O)c3ccc(Br)o3)[C@@H](c3ccc(F)cc3)C2)c1. The first-order valence-electron chi connectivity index (χ1n) is 9.14. The molecule has 0 saturated carbocycles. The largest absolute Gasteiger partial charge is 0.497 e. The van der Waals surface area contributed by atoms with Crippen LogP contribution < -0.4 is 9.47 Å². The van der Waals surface area contributed by atoms with Gasteiger partial charge in [-0.2, -0.15) is 5.10 Å². The Morgan fingerprint density at radius 2 is 1.90 bits per heavy atom. The standard InChI is InChI=1S/C22H18BrFN2O4/c1-28-15-7-8-19(29-2)16(11-15)17-12-18(13-3-5-14(24)6-4-13)26(25-17)22(27)20-9-10-21(23)30-20/h3-11,18H,12H2,1-2H3/t18-/m1/s1. The Balaban J connectivity index is 1.77. The van der Waals surface area contributed by atoms with Gasteiger partial charge in [-0.3, -0.25) is 4.79 Å². The molecule has 0 N–H and O–H groups in total. The van der Waals surface area contributed by atoms with Gasteiger partial charge in [-0.05, 0) is 64.0 Å². The van der Waals surface area contributed by atoms with Crippen LogP contribution >= 0.6 is 15.9 Å². The number of methoxy groups -OCH3 is 2. The summed E-state index contributed by atoms with van der Waals surface area (Å²) < 4.78 is 30.2. The van der Waals surface area contributed by atoms with Crippen molar-refractivity contribution in [1.29, 1.82) is 0 Å². The van der Waals surface area contributed by atoms with Gasteiger partial charge in [0.2, 0.25) is 0 Å². The van der Waals surface area contributed by atoms with Crippen molar-refractivity contribution >= 4 is 27.5 Å². The van der Waals surface area contributed by atoms with Gasteiger partial charge in [0.15, 0.2) is 10.4 Å². The summed E-state index contributed by atoms with van der Waals surface area (Å²) in [4.78, 5) is 13.1. The molecule has 30 heavy (non-hydrogen) atoms. The van der Waals surface area contributed by atoms with Crippen molar-refractivity contribution in [3.8, 4) is 11.5 Å². The van der Waals surface area contributed by atoms with E-state index < -0.39 is 11.9 Å². The Morgan fingerprint density at radius 1 is 1.13 bits per heavy atom. The minimum Gasteiger partial charge on any atom is -0.497 e. The highest BCUT2D eigenvalue weighted by molar-refractivity contribution is 9.10. The molecule has 2 heterocycles. The summed E-state index contributed by atoms with van der Waals surface area (Å²) in [5, 5.41) is 5.97. The van der Waals surface area contributed by atoms with E-state index in [0.717, 1.165) is 11.1 Å². The molecule has 4 rings (SSSR count). The fourth-order valence-corrected chi connectivity index (χ4v) is 3.69. The summed E-state index contributed by atoms with van der Waals surface area (Å²) in [6.45, 7) is 0. The van der Waals surface area contributed by atoms with E-state index in [2.05, 4.69) is 21.0 Å². The number of rotatable bonds is 5. The molecule has 1 aromatic heterocycles. The monoisotopic (exact) mass is 472 g/mol. The zero-order chi connectivity index (χ0) is 21.3. The van der Waals surface area contributed by atoms with Crippen LogP contribution in [-0.2, 0) is 0 Å². The molecule has 8 heteroatoms. The molecule has 0 bridgehead atoms. The molecule has 0 radical (unpaired) electrons. The molecule has 0 unspecified atom stereocenters. The smallest absolute Gasteiger partial charge is 0.310 e. The van der Waals surface area contributed by atoms with E-state index >= 15 is 0 Å². The van der Waals surface area contributed by atoms with Crippen LogP contribution in [0.1, 0.15) is 34.1 Å². The zero-order valence-electron chi connectivity index (χ0n) is 16.3. The topological polar surface area (TPSA) is 64.3 Å². The summed E-state index contributed by atoms with van der Waals surface area (Å²) >= 11 is 3.22. The van der Waals surface area contributed by atoms with Crippen molar-refractivity contribution in [2.75, 3.05) is 14.2 Å². The second-order valence-corrected chi connectivity index (χ2v) is 7.42. The molecular weight excluding hydrogens is 455 g/mol. The molecule has 154 valence electrons. The van der Waals surface area contributed by atoms with E-state index in [-0.39, 0.29) is 11.6 Å². The Kier molecular flexibility index (Phi) is 5.59. The summed E-state index contributed by atoms with van der Waals surface area (Å²) in [6, 6.07) is 14.2. The quantitative estimate of drug-likeness (QED) is 0.512. The van der Waals surface area contributed by atoms with Crippen molar-refractivity contribution in [2.45, 2.75) is 12.5 Å². The summed E-state index contributed by atoms with van der Waals surface area (Å²) in [5.41, 5.74) is 2.13. The fourth-order valence-electron chi connectivity index (χ4n) is 3.39. The molecule has 1 aliphatic heterocycles. The molecule has 2 aromatic carbocycles. The lowest BCUT2D eigenvalue weighted by molar-refractivity contribution is 0.0677. The van der Waals surface area contributed by atoms with Crippen LogP contribution in [-0.4, -0.2) is 30.8 Å². The minimum atomic E-state index is -0.423. The second kappa shape index (κ2) is 8.31. The third-order valence-corrected chi connectivity index (χ3v) is 5.30. The summed E-state index contributed by atoms with van der Waals surface area (Å²) in [6.07, 6.45) is 0.419. The first kappa shape index (κ1) is 20.2. The lowest BCUT2D eigenvalue weighted by Crippen LogP contribution is -2.26. The number of hydrogen-bond donors (Lipinski definition) is 0. The molecule has 1 atom stereocenters. The number of carbonyl (C=O) groups excluding carboxylic acids is 1. The van der Waals surface area contributed by atoms with Crippen LogP contribution in [0.3, 0.4) is 0 Å². The zero-order valence-corrected chi connectivity index (χ0v) is 17.8. The van der Waals surface area contributed by atoms with Crippen LogP contribution in [0.2, 0.25) is 0 Å². The third-order valence-electron chi connectivity index (χ3n) is 4.87. The van der Waals surface area contributed by atoms with E-state index in [1.165, 1.54) is 17.1 Å². The van der Waals surface area contributed by atoms with Gasteiger partial charge in [0.1, 0.15) is 17.3 Å². The normalized spacial score (nSPS) is 15.8. The number of amides is 1. The Bertz CT molecular complexity index is 1110. The maximum Gasteiger partial charge on any atom is 0.310 e. The van der Waals surface area contributed by atoms with Crippen LogP contribution in [0.25, 0.3) is 0 Å². The molecule has 3 aromatic rings. The molecule has 0 fully saturated rings. The van der Waals surface area contributed by atoms with Crippen molar-refractivity contribution in [1.82, 2.24) is 5.01 Å². The highest BCUT2D eigenvalue weighted by atomic mass is 79.9. The maximum absolute atomic E-state index is 13.5. The number of ether oxygens (including phenoxy) is 2. The van der Waals surface area contributed by atoms with Crippen molar-refractivity contribution in [3.63, 3.8) is 0 Å². The van der Waals surface area contributed by atoms with Gasteiger partial charge in [-0.25, -0.2) is 9.40 Å². The van der Waals surface area contributed by atoms with Crippen molar-refractivity contribution < 1.29 is 23.1 Å². The van der Waals surface area contributed by atoms with E-state index in [1.54, 1.807) is 50.6 Å². The average molecular weight is 473 g/mol. The van der Waals surface area contributed by atoms with E-state index in [9.17, 15) is 9.18 Å². The maximum atomic E-state index is 13.5. The van der Waals surface area contributed by atoms with Gasteiger partial charge < -0.3 is 13.9 Å². The third kappa shape index (κ3) is 3.82. The lowest BCUT2D eigenvalue weighted by atomic mass is 9.97. The van der Waals surface area contributed by atoms with Crippen LogP contribution in [0.4, 0.5) is 4.39 Å². The predicted molar refractivity (Wildman–Crippen MR) is 112 cm³/mol. The van der Waals surface area contributed by atoms with Gasteiger partial charge in [-0.15, -0.1) is 0 Å². The lowest BCUT2D eigenvalue weighted by Gasteiger charge is -2.21. The fraction of sp³-hybridized carbons (Fsp3) is 0.182. The Morgan fingerprint density at radius 3 is 2.53 bits per heavy atom. The van der Waals surface area contributed by atoms with E-state index in [1.807, 2.05) is 6.07 Å². The summed E-state index contributed by atoms with van der Waals surface area (Å²) in [5.74, 6) is 0.665. The number of benzene rings is 2. The highest BCUT2D eigenvalue weighted by Crippen LogP contribution is 2.37. The number of hydrazone groups is 1. The number of furan rings is 1. The van der Waals surface area contributed by atoms with E-state index in [0.29, 0.717) is 28.3 Å². The number of nitrogens with zero attached hydrogens (tertiary/aromatic N) is 2. The first-order valence-corrected chi connectivity index (χ1v) is 9.93. The first-order chi connectivity index (χ1) is 14.5. The molecule has 0 saturated heterocycles. The number of hydrogen-bond acceptors (Lipinski definition) is 5. The van der Waals surface area contributed by atoms with Gasteiger partial charge in [0.05, 0.1) is 26.0 Å². The average Bonchev–Trinajstić information content (AvgIpc) is 3.40. The predicted octanol–water partition coefficient (Wildman–Crippen LogP) is 5.19. The number of halogens is 2. The van der Waals surface area contributed by atoms with Crippen LogP contribution in [0.15, 0.2) is 68.8 Å². The molecule has 0 spiro atoms. The molecule has 0 aliphatic carbocycles. The Hall–Kier alpha value is -3.13. The molecule has 1 aliphatic rings. The highest BCUT2D eigenvalue weighted by Gasteiger charge is 2.36. The molecular formula is C22H18BrFN2O4. The van der Waals surface area contributed by atoms with Gasteiger partial charge in [-0.1, -0.05) is 12.1 Å². The summed E-state index contributed by atoms with van der Waals surface area (Å²) in [7, 11) is 3.15. The van der Waals surface area contributed by atoms with Gasteiger partial charge >= 0.3 is 5.91 Å². The van der Waals surface area contributed by atoms with Crippen LogP contribution in [0.5, 0.6) is 11.5 Å². The van der Waals surface area contributed by atoms with Crippen molar-refractivity contribution in [2.24, 2.45) is 5.10 Å². The van der Waals surface area contributed by atoms with E-state index in [4.69, 9.17) is 13.9 Å². The van der Waals surface area contributed by atoms with Gasteiger partial charge in [0, 0.05) is 12.0 Å². The van der Waals surface area contributed by atoms with Crippen LogP contribution in [0, 0.1) is 5.82 Å². The molecule has 6 nitrogen and oxygen atoms in total. The molecule has 1 amide bonds. The van der Waals surface area contributed by atoms with Gasteiger partial charge in [0.25, 0.3) is 0 Å². The minimum absolute atomic E-state index is 0.150. The van der Waals surface area contributed by atoms with Crippen molar-refractivity contribution in [3.05, 3.63) is 82.0 Å².